The van der Waals surface area contributed by atoms with Crippen LogP contribution >= 0.6 is 11.6 Å². The molecule has 0 bridgehead atoms. The van der Waals surface area contributed by atoms with Crippen molar-refractivity contribution in [1.29, 1.82) is 0 Å². The number of anilines is 1. The monoisotopic (exact) mass is 641 g/mol. The second-order valence-corrected chi connectivity index (χ2v) is 14.7. The van der Waals surface area contributed by atoms with Crippen molar-refractivity contribution in [2.75, 3.05) is 45.2 Å². The molecule has 1 N–H and O–H groups in total. The predicted molar refractivity (Wildman–Crippen MR) is 172 cm³/mol. The minimum Gasteiger partial charge on any atom is -0.493 e. The van der Waals surface area contributed by atoms with Crippen molar-refractivity contribution in [3.8, 4) is 17.2 Å². The molecule has 0 atom stereocenters. The maximum atomic E-state index is 13.5. The molecular formula is C33H40ClN3O6S. The van der Waals surface area contributed by atoms with Crippen molar-refractivity contribution in [2.24, 2.45) is 0 Å². The third kappa shape index (κ3) is 6.83. The van der Waals surface area contributed by atoms with Gasteiger partial charge in [0, 0.05) is 38.8 Å². The molecule has 0 aliphatic carbocycles. The fourth-order valence-electron chi connectivity index (χ4n) is 5.54. The van der Waals surface area contributed by atoms with E-state index in [1.165, 1.54) is 38.7 Å². The molecule has 2 aliphatic rings. The number of rotatable bonds is 8. The van der Waals surface area contributed by atoms with Gasteiger partial charge in [0.05, 0.1) is 17.8 Å². The average Bonchev–Trinajstić information content (AvgIpc) is 2.96. The van der Waals surface area contributed by atoms with Crippen LogP contribution in [0.5, 0.6) is 17.2 Å². The minimum absolute atomic E-state index is 0.0293. The number of nitrogens with one attached hydrogen (secondary N) is 1. The van der Waals surface area contributed by atoms with Gasteiger partial charge in [-0.3, -0.25) is 9.69 Å². The Kier molecular flexibility index (Phi) is 9.18. The fraction of sp³-hybridized carbons (Fsp3) is 0.424. The van der Waals surface area contributed by atoms with Crippen LogP contribution in [-0.2, 0) is 33.4 Å². The van der Waals surface area contributed by atoms with E-state index in [1.54, 1.807) is 7.11 Å². The Morgan fingerprint density at radius 3 is 2.30 bits per heavy atom. The lowest BCUT2D eigenvalue weighted by molar-refractivity contribution is -0.118. The van der Waals surface area contributed by atoms with Gasteiger partial charge in [0.2, 0.25) is 10.0 Å². The largest absolute Gasteiger partial charge is 0.493 e. The molecule has 1 saturated heterocycles. The van der Waals surface area contributed by atoms with E-state index in [4.69, 9.17) is 25.8 Å². The second-order valence-electron chi connectivity index (χ2n) is 12.4. The molecule has 0 saturated carbocycles. The summed E-state index contributed by atoms with van der Waals surface area (Å²) in [5, 5.41) is 2.68. The molecular weight excluding hydrogens is 602 g/mol. The van der Waals surface area contributed by atoms with Crippen LogP contribution in [0, 0.1) is 13.8 Å². The van der Waals surface area contributed by atoms with Crippen LogP contribution in [-0.4, -0.2) is 63.4 Å². The molecule has 0 unspecified atom stereocenters. The van der Waals surface area contributed by atoms with Crippen molar-refractivity contribution >= 4 is 33.2 Å². The summed E-state index contributed by atoms with van der Waals surface area (Å²) in [5.74, 6) is 1.31. The van der Waals surface area contributed by atoms with E-state index in [0.29, 0.717) is 56.5 Å². The number of carbonyl (C=O) groups is 1. The number of amides is 1. The van der Waals surface area contributed by atoms with Crippen LogP contribution in [0.1, 0.15) is 48.6 Å². The predicted octanol–water partition coefficient (Wildman–Crippen LogP) is 5.68. The number of methoxy groups -OCH3 is 1. The maximum Gasteiger partial charge on any atom is 0.262 e. The number of piperazine rings is 1. The number of nitrogens with zero attached hydrogens (tertiary/aromatic N) is 2. The van der Waals surface area contributed by atoms with Gasteiger partial charge >= 0.3 is 0 Å². The van der Waals surface area contributed by atoms with Crippen molar-refractivity contribution in [2.45, 2.75) is 58.1 Å². The molecule has 0 aromatic heterocycles. The van der Waals surface area contributed by atoms with Crippen molar-refractivity contribution in [3.05, 3.63) is 75.3 Å². The summed E-state index contributed by atoms with van der Waals surface area (Å²) in [7, 11) is -2.22. The van der Waals surface area contributed by atoms with Crippen molar-refractivity contribution < 1.29 is 27.4 Å². The Bertz CT molecular complexity index is 1650. The molecule has 3 aromatic carbocycles. The zero-order chi connectivity index (χ0) is 31.8. The Balaban J connectivity index is 1.21. The van der Waals surface area contributed by atoms with E-state index in [0.717, 1.165) is 5.56 Å². The first-order valence-corrected chi connectivity index (χ1v) is 16.5. The van der Waals surface area contributed by atoms with Crippen LogP contribution < -0.4 is 19.5 Å². The molecule has 1 amide bonds. The standard InChI is InChI=1S/C33H40ClN3O6S/c1-21-13-24(33(3,4)5)14-22(2)25(21)19-42-28-8-7-23(15-30(28)41-6)18-36-9-11-37(12-10-36)44(39,40)31-17-29-27(16-26(31)34)35-32(38)20-43-29/h7-8,13-17H,9-12,18-20H2,1-6H3,(H,35,38). The van der Waals surface area contributed by atoms with Gasteiger partial charge in [-0.25, -0.2) is 8.42 Å². The van der Waals surface area contributed by atoms with Crippen molar-refractivity contribution in [1.82, 2.24) is 9.21 Å². The molecule has 5 rings (SSSR count). The van der Waals surface area contributed by atoms with Crippen LogP contribution in [0.2, 0.25) is 5.02 Å². The van der Waals surface area contributed by atoms with E-state index in [1.807, 2.05) is 18.2 Å². The van der Waals surface area contributed by atoms with Gasteiger partial charge in [0.1, 0.15) is 17.3 Å². The van der Waals surface area contributed by atoms with Gasteiger partial charge < -0.3 is 19.5 Å². The second kappa shape index (κ2) is 12.6. The topological polar surface area (TPSA) is 97.4 Å². The molecule has 2 aliphatic heterocycles. The SMILES string of the molecule is COc1cc(CN2CCN(S(=O)(=O)c3cc4c(cc3Cl)NC(=O)CO4)CC2)ccc1OCc1c(C)cc(C(C)(C)C)cc1C. The summed E-state index contributed by atoms with van der Waals surface area (Å²) < 4.78 is 45.7. The van der Waals surface area contributed by atoms with Crippen LogP contribution in [0.4, 0.5) is 5.69 Å². The Morgan fingerprint density at radius 2 is 1.66 bits per heavy atom. The number of hydrogen-bond donors (Lipinski definition) is 1. The highest BCUT2D eigenvalue weighted by molar-refractivity contribution is 7.89. The van der Waals surface area contributed by atoms with Gasteiger partial charge in [-0.15, -0.1) is 0 Å². The molecule has 2 heterocycles. The number of fused-ring (bicyclic) bond motifs is 1. The van der Waals surface area contributed by atoms with Gasteiger partial charge in [-0.2, -0.15) is 4.31 Å². The highest BCUT2D eigenvalue weighted by atomic mass is 35.5. The number of hydrogen-bond acceptors (Lipinski definition) is 7. The number of halogens is 1. The smallest absolute Gasteiger partial charge is 0.262 e. The van der Waals surface area contributed by atoms with E-state index >= 15 is 0 Å². The lowest BCUT2D eigenvalue weighted by atomic mass is 9.84. The lowest BCUT2D eigenvalue weighted by Crippen LogP contribution is -2.48. The van der Waals surface area contributed by atoms with E-state index in [2.05, 4.69) is 57.0 Å². The number of ether oxygens (including phenoxy) is 3. The average molecular weight is 642 g/mol. The van der Waals surface area contributed by atoms with Gasteiger partial charge in [-0.05, 0) is 65.3 Å². The summed E-state index contributed by atoms with van der Waals surface area (Å²) in [5.41, 5.74) is 6.40. The Labute approximate surface area is 265 Å². The third-order valence-electron chi connectivity index (χ3n) is 8.18. The summed E-state index contributed by atoms with van der Waals surface area (Å²) in [6, 6.07) is 13.2. The lowest BCUT2D eigenvalue weighted by Gasteiger charge is -2.34. The molecule has 3 aromatic rings. The highest BCUT2D eigenvalue weighted by Gasteiger charge is 2.32. The molecule has 0 spiro atoms. The number of sulfonamides is 1. The number of aryl methyl sites for hydroxylation is 2. The van der Waals surface area contributed by atoms with Gasteiger partial charge in [0.25, 0.3) is 5.91 Å². The Morgan fingerprint density at radius 1 is 0.977 bits per heavy atom. The summed E-state index contributed by atoms with van der Waals surface area (Å²) in [4.78, 5) is 13.8. The molecule has 9 nitrogen and oxygen atoms in total. The first-order chi connectivity index (χ1) is 20.8. The summed E-state index contributed by atoms with van der Waals surface area (Å²) in [6.07, 6.45) is 0. The maximum absolute atomic E-state index is 13.5. The minimum atomic E-state index is -3.85. The van der Waals surface area contributed by atoms with E-state index in [-0.39, 0.29) is 33.6 Å². The zero-order valence-corrected chi connectivity index (χ0v) is 27.7. The van der Waals surface area contributed by atoms with Crippen LogP contribution in [0.3, 0.4) is 0 Å². The normalized spacial score (nSPS) is 16.2. The highest BCUT2D eigenvalue weighted by Crippen LogP contribution is 2.37. The van der Waals surface area contributed by atoms with E-state index < -0.39 is 10.0 Å². The van der Waals surface area contributed by atoms with Crippen LogP contribution in [0.25, 0.3) is 0 Å². The number of benzene rings is 3. The summed E-state index contributed by atoms with van der Waals surface area (Å²) in [6.45, 7) is 13.6. The number of carbonyl (C=O) groups excluding carboxylic acids is 1. The molecule has 1 fully saturated rings. The quantitative estimate of drug-likeness (QED) is 0.338. The summed E-state index contributed by atoms with van der Waals surface area (Å²) >= 11 is 6.34. The van der Waals surface area contributed by atoms with Gasteiger partial charge in [-0.1, -0.05) is 50.6 Å². The molecule has 44 heavy (non-hydrogen) atoms. The van der Waals surface area contributed by atoms with Gasteiger partial charge in [0.15, 0.2) is 18.1 Å². The molecule has 236 valence electrons. The molecule has 0 radical (unpaired) electrons. The van der Waals surface area contributed by atoms with E-state index in [9.17, 15) is 13.2 Å². The Hall–Kier alpha value is -3.31. The fourth-order valence-corrected chi connectivity index (χ4v) is 7.48. The molecule has 11 heteroatoms. The third-order valence-corrected chi connectivity index (χ3v) is 10.5. The zero-order valence-electron chi connectivity index (χ0n) is 26.1. The first kappa shape index (κ1) is 32.1. The van der Waals surface area contributed by atoms with Crippen molar-refractivity contribution in [3.63, 3.8) is 0 Å². The first-order valence-electron chi connectivity index (χ1n) is 14.7. The van der Waals surface area contributed by atoms with Crippen LogP contribution in [0.15, 0.2) is 47.4 Å².